The minimum Gasteiger partial charge on any atom is -0.334 e. The normalized spacial score (nSPS) is 24.8. The molecule has 23 heavy (non-hydrogen) atoms. The molecule has 0 bridgehead atoms. The van der Waals surface area contributed by atoms with E-state index in [0.29, 0.717) is 0 Å². The molecule has 0 aromatic carbocycles. The summed E-state index contributed by atoms with van der Waals surface area (Å²) in [5.74, 6) is 3.80. The average Bonchev–Trinajstić information content (AvgIpc) is 3.10. The first-order valence-electron chi connectivity index (χ1n) is 9.45. The van der Waals surface area contributed by atoms with Crippen molar-refractivity contribution in [3.05, 3.63) is 17.7 Å². The van der Waals surface area contributed by atoms with Crippen molar-refractivity contribution in [3.8, 4) is 0 Å². The van der Waals surface area contributed by atoms with Crippen molar-refractivity contribution >= 4 is 0 Å². The molecule has 1 aromatic heterocycles. The number of hydrogen-bond donors (Lipinski definition) is 0. The molecule has 130 valence electrons. The largest absolute Gasteiger partial charge is 0.334 e. The van der Waals surface area contributed by atoms with Crippen molar-refractivity contribution in [2.24, 2.45) is 24.8 Å². The van der Waals surface area contributed by atoms with Gasteiger partial charge in [-0.05, 0) is 63.6 Å². The number of rotatable bonds is 5. The van der Waals surface area contributed by atoms with Crippen molar-refractivity contribution in [2.45, 2.75) is 46.6 Å². The van der Waals surface area contributed by atoms with Crippen LogP contribution in [0, 0.1) is 24.7 Å². The highest BCUT2D eigenvalue weighted by molar-refractivity contribution is 5.04. The van der Waals surface area contributed by atoms with E-state index in [4.69, 9.17) is 0 Å². The van der Waals surface area contributed by atoms with Gasteiger partial charge in [0.2, 0.25) is 0 Å². The summed E-state index contributed by atoms with van der Waals surface area (Å²) < 4.78 is 2.23. The second-order valence-corrected chi connectivity index (χ2v) is 8.17. The van der Waals surface area contributed by atoms with E-state index < -0.39 is 0 Å². The molecule has 2 fully saturated rings. The van der Waals surface area contributed by atoms with E-state index in [0.717, 1.165) is 30.1 Å². The number of aryl methyl sites for hydroxylation is 1. The number of piperidine rings is 1. The van der Waals surface area contributed by atoms with Crippen molar-refractivity contribution in [1.82, 2.24) is 19.4 Å². The van der Waals surface area contributed by atoms with Gasteiger partial charge in [0.25, 0.3) is 0 Å². The molecule has 1 atom stereocenters. The fourth-order valence-corrected chi connectivity index (χ4v) is 4.44. The number of imidazole rings is 1. The molecule has 0 spiro atoms. The van der Waals surface area contributed by atoms with Gasteiger partial charge in [0, 0.05) is 32.9 Å². The highest BCUT2D eigenvalue weighted by atomic mass is 15.2. The summed E-state index contributed by atoms with van der Waals surface area (Å²) in [6.45, 7) is 14.3. The predicted molar refractivity (Wildman–Crippen MR) is 95.3 cm³/mol. The molecule has 0 amide bonds. The molecule has 0 radical (unpaired) electrons. The molecule has 2 saturated heterocycles. The molecule has 2 aliphatic heterocycles. The summed E-state index contributed by atoms with van der Waals surface area (Å²) >= 11 is 0. The van der Waals surface area contributed by atoms with Gasteiger partial charge in [0.1, 0.15) is 5.82 Å². The Morgan fingerprint density at radius 2 is 1.74 bits per heavy atom. The van der Waals surface area contributed by atoms with Crippen LogP contribution < -0.4 is 0 Å². The summed E-state index contributed by atoms with van der Waals surface area (Å²) in [5.41, 5.74) is 1.36. The van der Waals surface area contributed by atoms with Crippen LogP contribution in [-0.4, -0.2) is 52.1 Å². The van der Waals surface area contributed by atoms with Gasteiger partial charge in [-0.15, -0.1) is 0 Å². The Balaban J connectivity index is 1.46. The molecule has 4 heteroatoms. The first kappa shape index (κ1) is 17.0. The number of likely N-dealkylation sites (tertiary alicyclic amines) is 2. The second-order valence-electron chi connectivity index (χ2n) is 8.17. The van der Waals surface area contributed by atoms with E-state index in [9.17, 15) is 0 Å². The lowest BCUT2D eigenvalue weighted by molar-refractivity contribution is 0.135. The van der Waals surface area contributed by atoms with Crippen molar-refractivity contribution in [1.29, 1.82) is 0 Å². The number of aromatic nitrogens is 2. The molecular formula is C19H34N4. The summed E-state index contributed by atoms with van der Waals surface area (Å²) in [5, 5.41) is 0. The van der Waals surface area contributed by atoms with Gasteiger partial charge in [0.05, 0.1) is 5.69 Å². The van der Waals surface area contributed by atoms with Crippen molar-refractivity contribution in [2.75, 3.05) is 32.7 Å². The van der Waals surface area contributed by atoms with E-state index in [2.05, 4.69) is 47.2 Å². The Hall–Kier alpha value is -0.870. The second kappa shape index (κ2) is 7.35. The SMILES string of the molecule is Cc1ncc(CN2CC[C@@H](C3CCN(CC(C)C)CC3)C2)n1C. The topological polar surface area (TPSA) is 24.3 Å². The lowest BCUT2D eigenvalue weighted by Crippen LogP contribution is -2.38. The van der Waals surface area contributed by atoms with Crippen LogP contribution in [0.4, 0.5) is 0 Å². The number of hydrogen-bond acceptors (Lipinski definition) is 3. The molecule has 1 aromatic rings. The lowest BCUT2D eigenvalue weighted by atomic mass is 9.83. The smallest absolute Gasteiger partial charge is 0.105 e. The maximum absolute atomic E-state index is 4.43. The maximum atomic E-state index is 4.43. The summed E-state index contributed by atoms with van der Waals surface area (Å²) in [6, 6.07) is 0. The van der Waals surface area contributed by atoms with Crippen LogP contribution in [0.3, 0.4) is 0 Å². The molecular weight excluding hydrogens is 284 g/mol. The Morgan fingerprint density at radius 3 is 2.35 bits per heavy atom. The molecule has 3 heterocycles. The van der Waals surface area contributed by atoms with Gasteiger partial charge in [-0.1, -0.05) is 13.8 Å². The van der Waals surface area contributed by atoms with Crippen LogP contribution in [0.25, 0.3) is 0 Å². The Morgan fingerprint density at radius 1 is 1.09 bits per heavy atom. The monoisotopic (exact) mass is 318 g/mol. The average molecular weight is 319 g/mol. The van der Waals surface area contributed by atoms with E-state index in [-0.39, 0.29) is 0 Å². The van der Waals surface area contributed by atoms with Gasteiger partial charge >= 0.3 is 0 Å². The van der Waals surface area contributed by atoms with Gasteiger partial charge in [-0.2, -0.15) is 0 Å². The van der Waals surface area contributed by atoms with E-state index in [1.165, 1.54) is 57.7 Å². The molecule has 4 nitrogen and oxygen atoms in total. The third kappa shape index (κ3) is 4.16. The predicted octanol–water partition coefficient (Wildman–Crippen LogP) is 2.92. The van der Waals surface area contributed by atoms with Gasteiger partial charge in [0.15, 0.2) is 0 Å². The van der Waals surface area contributed by atoms with Crippen LogP contribution in [-0.2, 0) is 13.6 Å². The zero-order chi connectivity index (χ0) is 16.4. The summed E-state index contributed by atoms with van der Waals surface area (Å²) in [4.78, 5) is 9.74. The highest BCUT2D eigenvalue weighted by Gasteiger charge is 2.32. The minimum absolute atomic E-state index is 0.802. The van der Waals surface area contributed by atoms with Crippen LogP contribution >= 0.6 is 0 Å². The maximum Gasteiger partial charge on any atom is 0.105 e. The quantitative estimate of drug-likeness (QED) is 0.834. The zero-order valence-electron chi connectivity index (χ0n) is 15.5. The first-order valence-corrected chi connectivity index (χ1v) is 9.45. The zero-order valence-corrected chi connectivity index (χ0v) is 15.5. The van der Waals surface area contributed by atoms with Crippen LogP contribution in [0.2, 0.25) is 0 Å². The van der Waals surface area contributed by atoms with Crippen molar-refractivity contribution < 1.29 is 0 Å². The van der Waals surface area contributed by atoms with Gasteiger partial charge in [-0.3, -0.25) is 4.90 Å². The van der Waals surface area contributed by atoms with Crippen LogP contribution in [0.5, 0.6) is 0 Å². The molecule has 0 aliphatic carbocycles. The Bertz CT molecular complexity index is 499. The molecule has 0 N–H and O–H groups in total. The number of nitrogens with zero attached hydrogens (tertiary/aromatic N) is 4. The highest BCUT2D eigenvalue weighted by Crippen LogP contribution is 2.32. The van der Waals surface area contributed by atoms with E-state index in [1.807, 2.05) is 6.20 Å². The fourth-order valence-electron chi connectivity index (χ4n) is 4.44. The minimum atomic E-state index is 0.802. The fraction of sp³-hybridized carbons (Fsp3) is 0.842. The standard InChI is InChI=1S/C19H34N4/c1-15(2)12-22-8-5-17(6-9-22)18-7-10-23(13-18)14-19-11-20-16(3)21(19)4/h11,15,17-18H,5-10,12-14H2,1-4H3/t18-/m1/s1. The lowest BCUT2D eigenvalue weighted by Gasteiger charge is -2.35. The van der Waals surface area contributed by atoms with E-state index in [1.54, 1.807) is 0 Å². The Labute approximate surface area is 141 Å². The molecule has 3 rings (SSSR count). The first-order chi connectivity index (χ1) is 11.0. The third-order valence-corrected chi connectivity index (χ3v) is 5.93. The molecule has 0 unspecified atom stereocenters. The van der Waals surface area contributed by atoms with E-state index >= 15 is 0 Å². The summed E-state index contributed by atoms with van der Waals surface area (Å²) in [6.07, 6.45) is 6.27. The summed E-state index contributed by atoms with van der Waals surface area (Å²) in [7, 11) is 2.13. The third-order valence-electron chi connectivity index (χ3n) is 5.93. The van der Waals surface area contributed by atoms with Crippen LogP contribution in [0.1, 0.15) is 44.6 Å². The van der Waals surface area contributed by atoms with Crippen LogP contribution in [0.15, 0.2) is 6.20 Å². The van der Waals surface area contributed by atoms with Crippen molar-refractivity contribution in [3.63, 3.8) is 0 Å². The van der Waals surface area contributed by atoms with Gasteiger partial charge < -0.3 is 9.47 Å². The molecule has 0 saturated carbocycles. The molecule has 2 aliphatic rings. The van der Waals surface area contributed by atoms with Gasteiger partial charge in [-0.25, -0.2) is 4.98 Å². The Kier molecular flexibility index (Phi) is 5.42.